The zero-order valence-corrected chi connectivity index (χ0v) is 16.6. The molecule has 1 fully saturated rings. The number of nitrogens with one attached hydrogen (secondary N) is 2. The molecule has 2 aliphatic heterocycles. The highest BCUT2D eigenvalue weighted by atomic mass is 16.5. The van der Waals surface area contributed by atoms with Crippen LogP contribution in [0.5, 0.6) is 5.75 Å². The Morgan fingerprint density at radius 2 is 1.90 bits per heavy atom. The van der Waals surface area contributed by atoms with Crippen molar-refractivity contribution in [3.05, 3.63) is 65.7 Å². The van der Waals surface area contributed by atoms with Crippen molar-refractivity contribution in [3.63, 3.8) is 0 Å². The molecule has 0 aliphatic carbocycles. The molecular weight excluding hydrogens is 384 g/mol. The molecule has 0 spiro atoms. The van der Waals surface area contributed by atoms with Gasteiger partial charge >= 0.3 is 6.03 Å². The van der Waals surface area contributed by atoms with Crippen LogP contribution in [0.25, 0.3) is 0 Å². The maximum atomic E-state index is 12.6. The first kappa shape index (κ1) is 19.4. The maximum absolute atomic E-state index is 12.6. The Bertz CT molecular complexity index is 990. The van der Waals surface area contributed by atoms with Gasteiger partial charge in [0.1, 0.15) is 5.75 Å². The summed E-state index contributed by atoms with van der Waals surface area (Å²) < 4.78 is 5.15. The minimum Gasteiger partial charge on any atom is -0.497 e. The number of amides is 3. The summed E-state index contributed by atoms with van der Waals surface area (Å²) in [4.78, 5) is 32.4. The second kappa shape index (κ2) is 8.24. The molecule has 1 saturated heterocycles. The average molecular weight is 406 g/mol. The van der Waals surface area contributed by atoms with Gasteiger partial charge in [0.2, 0.25) is 5.96 Å². The number of hydrogen-bond donors (Lipinski definition) is 2. The van der Waals surface area contributed by atoms with E-state index in [0.29, 0.717) is 12.5 Å². The van der Waals surface area contributed by atoms with Crippen molar-refractivity contribution in [3.8, 4) is 5.75 Å². The van der Waals surface area contributed by atoms with E-state index in [-0.39, 0.29) is 5.91 Å². The van der Waals surface area contributed by atoms with Gasteiger partial charge in [-0.15, -0.1) is 0 Å². The number of guanidine groups is 1. The number of benzene rings is 2. The van der Waals surface area contributed by atoms with Gasteiger partial charge < -0.3 is 14.5 Å². The third kappa shape index (κ3) is 3.82. The van der Waals surface area contributed by atoms with Crippen molar-refractivity contribution in [2.24, 2.45) is 10.1 Å². The second-order valence-electron chi connectivity index (χ2n) is 6.97. The maximum Gasteiger partial charge on any atom is 0.325 e. The number of hydrazone groups is 1. The molecule has 2 aliphatic rings. The molecule has 4 rings (SSSR count). The lowest BCUT2D eigenvalue weighted by atomic mass is 10.1. The predicted octanol–water partition coefficient (Wildman–Crippen LogP) is 1.37. The van der Waals surface area contributed by atoms with E-state index in [4.69, 9.17) is 4.74 Å². The van der Waals surface area contributed by atoms with Crippen LogP contribution in [-0.4, -0.2) is 60.3 Å². The highest BCUT2D eigenvalue weighted by Crippen LogP contribution is 2.25. The van der Waals surface area contributed by atoms with Crippen LogP contribution >= 0.6 is 0 Å². The third-order valence-corrected chi connectivity index (χ3v) is 5.05. The molecule has 2 aromatic carbocycles. The Balaban J connectivity index is 1.56. The molecule has 3 amide bonds. The lowest BCUT2D eigenvalue weighted by Crippen LogP contribution is -2.63. The zero-order chi connectivity index (χ0) is 21.1. The summed E-state index contributed by atoms with van der Waals surface area (Å²) in [6.07, 6.45) is 1.04. The number of rotatable bonds is 5. The van der Waals surface area contributed by atoms with Gasteiger partial charge in [-0.2, -0.15) is 5.10 Å². The van der Waals surface area contributed by atoms with E-state index >= 15 is 0 Å². The Hall–Kier alpha value is -3.88. The Kier molecular flexibility index (Phi) is 5.34. The topological polar surface area (TPSA) is 98.6 Å². The number of ether oxygens (including phenoxy) is 1. The van der Waals surface area contributed by atoms with Crippen LogP contribution in [0.15, 0.2) is 64.7 Å². The fraction of sp³-hybridized carbons (Fsp3) is 0.238. The van der Waals surface area contributed by atoms with Crippen molar-refractivity contribution in [2.45, 2.75) is 18.8 Å². The molecule has 30 heavy (non-hydrogen) atoms. The van der Waals surface area contributed by atoms with Crippen LogP contribution < -0.4 is 15.5 Å². The van der Waals surface area contributed by atoms with Crippen molar-refractivity contribution < 1.29 is 14.3 Å². The van der Waals surface area contributed by atoms with Gasteiger partial charge in [0.25, 0.3) is 5.91 Å². The fourth-order valence-corrected chi connectivity index (χ4v) is 3.43. The number of hydrogen-bond acceptors (Lipinski definition) is 7. The van der Waals surface area contributed by atoms with E-state index in [2.05, 4.69) is 20.8 Å². The molecule has 154 valence electrons. The van der Waals surface area contributed by atoms with Crippen LogP contribution in [0.2, 0.25) is 0 Å². The van der Waals surface area contributed by atoms with Gasteiger partial charge in [0.05, 0.1) is 13.3 Å². The van der Waals surface area contributed by atoms with Gasteiger partial charge in [-0.1, -0.05) is 30.3 Å². The molecule has 0 bridgehead atoms. The lowest BCUT2D eigenvalue weighted by Gasteiger charge is -2.36. The number of nitrogens with zero attached hydrogens (tertiary/aromatic N) is 4. The summed E-state index contributed by atoms with van der Waals surface area (Å²) in [7, 11) is 3.23. The molecule has 0 radical (unpaired) electrons. The van der Waals surface area contributed by atoms with Crippen LogP contribution in [0.1, 0.15) is 11.1 Å². The highest BCUT2D eigenvalue weighted by molar-refractivity contribution is 6.03. The Morgan fingerprint density at radius 3 is 2.60 bits per heavy atom. The van der Waals surface area contributed by atoms with Crippen LogP contribution in [0.4, 0.5) is 4.79 Å². The summed E-state index contributed by atoms with van der Waals surface area (Å²) >= 11 is 0. The molecular formula is C21H22N6O3. The summed E-state index contributed by atoms with van der Waals surface area (Å²) in [5.74, 6) is 0.811. The number of methoxy groups -OCH3 is 1. The van der Waals surface area contributed by atoms with Gasteiger partial charge in [-0.25, -0.2) is 15.2 Å². The first-order valence-corrected chi connectivity index (χ1v) is 9.46. The molecule has 0 saturated carbocycles. The standard InChI is InChI=1S/C21H22N6O3/c1-26-18-17(19(28)24-21(26)29)27(13-15-6-4-3-5-7-15)20(23-18)25-22-12-14-8-10-16(30-2)11-9-14/h3-12,17-18H,13H2,1-2H3,(H,23,25)(H,24,28,29)/b22-12+. The number of urea groups is 1. The molecule has 9 heteroatoms. The molecule has 2 N–H and O–H groups in total. The van der Waals surface area contributed by atoms with Gasteiger partial charge in [0.15, 0.2) is 12.2 Å². The van der Waals surface area contributed by atoms with Crippen molar-refractivity contribution >= 4 is 24.1 Å². The Labute approximate surface area is 174 Å². The smallest absolute Gasteiger partial charge is 0.325 e. The molecule has 2 heterocycles. The van der Waals surface area contributed by atoms with Crippen molar-refractivity contribution in [1.29, 1.82) is 0 Å². The number of carbonyl (C=O) groups excluding carboxylic acids is 2. The summed E-state index contributed by atoms with van der Waals surface area (Å²) in [6.45, 7) is 0.446. The highest BCUT2D eigenvalue weighted by Gasteiger charge is 2.48. The number of likely N-dealkylation sites (N-methyl/N-ethyl adjacent to an activating group) is 1. The second-order valence-corrected chi connectivity index (χ2v) is 6.97. The van der Waals surface area contributed by atoms with E-state index in [0.717, 1.165) is 16.9 Å². The molecule has 2 unspecified atom stereocenters. The lowest BCUT2D eigenvalue weighted by molar-refractivity contribution is -0.127. The van der Waals surface area contributed by atoms with E-state index < -0.39 is 18.2 Å². The normalized spacial score (nSPS) is 20.8. The zero-order valence-electron chi connectivity index (χ0n) is 16.6. The molecule has 9 nitrogen and oxygen atoms in total. The quantitative estimate of drug-likeness (QED) is 0.577. The minimum absolute atomic E-state index is 0.376. The van der Waals surface area contributed by atoms with Gasteiger partial charge in [0, 0.05) is 13.6 Å². The minimum atomic E-state index is -0.633. The SMILES string of the molecule is COc1ccc(/C=N/NC2=NC3C(C(=O)NC(=O)N3C)N2Cc2ccccc2)cc1. The summed E-state index contributed by atoms with van der Waals surface area (Å²) in [5.41, 5.74) is 4.82. The van der Waals surface area contributed by atoms with Crippen molar-refractivity contribution in [1.82, 2.24) is 20.5 Å². The summed E-state index contributed by atoms with van der Waals surface area (Å²) in [5, 5.41) is 6.66. The average Bonchev–Trinajstić information content (AvgIpc) is 3.12. The summed E-state index contributed by atoms with van der Waals surface area (Å²) in [6, 6.07) is 16.1. The third-order valence-electron chi connectivity index (χ3n) is 5.05. The van der Waals surface area contributed by atoms with E-state index in [1.165, 1.54) is 4.90 Å². The van der Waals surface area contributed by atoms with Gasteiger partial charge in [-0.3, -0.25) is 10.1 Å². The molecule has 2 atom stereocenters. The largest absolute Gasteiger partial charge is 0.497 e. The van der Waals surface area contributed by atoms with Gasteiger partial charge in [-0.05, 0) is 35.4 Å². The monoisotopic (exact) mass is 406 g/mol. The molecule has 2 aromatic rings. The number of aliphatic imine (C=N–C) groups is 1. The van der Waals surface area contributed by atoms with Crippen molar-refractivity contribution in [2.75, 3.05) is 14.2 Å². The number of carbonyl (C=O) groups is 2. The van der Waals surface area contributed by atoms with E-state index in [9.17, 15) is 9.59 Å². The van der Waals surface area contributed by atoms with E-state index in [1.54, 1.807) is 20.4 Å². The van der Waals surface area contributed by atoms with Crippen LogP contribution in [-0.2, 0) is 11.3 Å². The molecule has 0 aromatic heterocycles. The van der Waals surface area contributed by atoms with Crippen LogP contribution in [0.3, 0.4) is 0 Å². The van der Waals surface area contributed by atoms with Crippen LogP contribution in [0, 0.1) is 0 Å². The first-order valence-electron chi connectivity index (χ1n) is 9.46. The predicted molar refractivity (Wildman–Crippen MR) is 112 cm³/mol. The number of fused-ring (bicyclic) bond motifs is 1. The fourth-order valence-electron chi connectivity index (χ4n) is 3.43. The Morgan fingerprint density at radius 1 is 1.17 bits per heavy atom. The van der Waals surface area contributed by atoms with E-state index in [1.807, 2.05) is 59.5 Å². The number of imide groups is 1. The first-order chi connectivity index (χ1) is 14.6.